The number of hydrogen-bond donors (Lipinski definition) is 1. The van der Waals surface area contributed by atoms with Crippen molar-refractivity contribution in [2.45, 2.75) is 0 Å². The van der Waals surface area contributed by atoms with Gasteiger partial charge in [-0.1, -0.05) is 0 Å². The second kappa shape index (κ2) is 6.40. The van der Waals surface area contributed by atoms with Crippen molar-refractivity contribution >= 4 is 22.8 Å². The van der Waals surface area contributed by atoms with Gasteiger partial charge in [0.05, 0.1) is 33.0 Å². The van der Waals surface area contributed by atoms with Crippen LogP contribution >= 0.6 is 0 Å². The van der Waals surface area contributed by atoms with E-state index in [2.05, 4.69) is 0 Å². The van der Waals surface area contributed by atoms with Crippen molar-refractivity contribution in [2.75, 3.05) is 40.5 Å². The Kier molecular flexibility index (Phi) is 4.30. The van der Waals surface area contributed by atoms with Gasteiger partial charge in [0.15, 0.2) is 17.1 Å². The van der Waals surface area contributed by atoms with E-state index < -0.39 is 5.97 Å². The van der Waals surface area contributed by atoms with Gasteiger partial charge in [0.1, 0.15) is 0 Å². The van der Waals surface area contributed by atoms with Crippen molar-refractivity contribution in [3.8, 4) is 11.5 Å². The molecule has 1 aromatic carbocycles. The molecular weight excluding hydrogens is 318 g/mol. The third-order valence-corrected chi connectivity index (χ3v) is 3.89. The molecular formula is C16H17NO7. The first-order valence-electron chi connectivity index (χ1n) is 7.35. The summed E-state index contributed by atoms with van der Waals surface area (Å²) in [5, 5.41) is 9.70. The van der Waals surface area contributed by atoms with Gasteiger partial charge in [-0.25, -0.2) is 4.79 Å². The van der Waals surface area contributed by atoms with E-state index in [1.54, 1.807) is 4.90 Å². The number of benzene rings is 1. The van der Waals surface area contributed by atoms with Gasteiger partial charge in [0.2, 0.25) is 5.75 Å². The van der Waals surface area contributed by atoms with Gasteiger partial charge in [-0.2, -0.15) is 0 Å². The molecule has 1 N–H and O–H groups in total. The summed E-state index contributed by atoms with van der Waals surface area (Å²) in [6.07, 6.45) is 0. The van der Waals surface area contributed by atoms with Crippen LogP contribution in [-0.4, -0.2) is 62.4 Å². The van der Waals surface area contributed by atoms with Gasteiger partial charge in [0.25, 0.3) is 5.91 Å². The largest absolute Gasteiger partial charge is 0.493 e. The van der Waals surface area contributed by atoms with Crippen molar-refractivity contribution in [3.05, 3.63) is 23.5 Å². The number of carboxylic acids is 1. The number of nitrogens with zero attached hydrogens (tertiary/aromatic N) is 1. The number of morpholine rings is 1. The Labute approximate surface area is 137 Å². The van der Waals surface area contributed by atoms with Crippen molar-refractivity contribution in [1.29, 1.82) is 0 Å². The fourth-order valence-electron chi connectivity index (χ4n) is 2.70. The zero-order chi connectivity index (χ0) is 17.3. The molecule has 24 heavy (non-hydrogen) atoms. The van der Waals surface area contributed by atoms with E-state index in [-0.39, 0.29) is 39.7 Å². The highest BCUT2D eigenvalue weighted by molar-refractivity contribution is 6.08. The lowest BCUT2D eigenvalue weighted by Crippen LogP contribution is -2.40. The number of carbonyl (C=O) groups is 2. The maximum absolute atomic E-state index is 12.6. The lowest BCUT2D eigenvalue weighted by Gasteiger charge is -2.25. The van der Waals surface area contributed by atoms with Crippen molar-refractivity contribution in [1.82, 2.24) is 4.90 Å². The fourth-order valence-corrected chi connectivity index (χ4v) is 2.70. The third kappa shape index (κ3) is 2.65. The molecule has 3 rings (SSSR count). The Morgan fingerprint density at radius 3 is 2.46 bits per heavy atom. The summed E-state index contributed by atoms with van der Waals surface area (Å²) in [5.74, 6) is -0.930. The molecule has 2 aromatic rings. The number of carbonyl (C=O) groups excluding carboxylic acids is 1. The molecule has 0 aliphatic carbocycles. The molecule has 8 nitrogen and oxygen atoms in total. The molecule has 128 valence electrons. The molecule has 0 unspecified atom stereocenters. The van der Waals surface area contributed by atoms with Gasteiger partial charge in [-0.3, -0.25) is 4.79 Å². The average molecular weight is 335 g/mol. The van der Waals surface area contributed by atoms with Crippen LogP contribution in [0, 0.1) is 0 Å². The van der Waals surface area contributed by atoms with Crippen LogP contribution in [0.15, 0.2) is 16.5 Å². The number of ether oxygens (including phenoxy) is 3. The number of furan rings is 1. The first kappa shape index (κ1) is 16.1. The fraction of sp³-hybridized carbons (Fsp3) is 0.375. The predicted molar refractivity (Wildman–Crippen MR) is 83.0 cm³/mol. The van der Waals surface area contributed by atoms with Crippen LogP contribution in [0.4, 0.5) is 0 Å². The molecule has 0 saturated carbocycles. The minimum absolute atomic E-state index is 0.0209. The molecule has 8 heteroatoms. The van der Waals surface area contributed by atoms with Gasteiger partial charge >= 0.3 is 5.97 Å². The maximum Gasteiger partial charge on any atom is 0.336 e. The Morgan fingerprint density at radius 2 is 1.88 bits per heavy atom. The molecule has 1 saturated heterocycles. The number of aromatic carboxylic acids is 1. The lowest BCUT2D eigenvalue weighted by molar-refractivity contribution is 0.0284. The highest BCUT2D eigenvalue weighted by Gasteiger charge is 2.26. The molecule has 0 radical (unpaired) electrons. The number of amides is 1. The minimum Gasteiger partial charge on any atom is -0.493 e. The summed E-state index contributed by atoms with van der Waals surface area (Å²) in [6.45, 7) is 1.84. The molecule has 1 aromatic heterocycles. The van der Waals surface area contributed by atoms with Crippen LogP contribution in [0.2, 0.25) is 0 Å². The topological polar surface area (TPSA) is 98.4 Å². The third-order valence-electron chi connectivity index (χ3n) is 3.89. The van der Waals surface area contributed by atoms with Crippen LogP contribution in [0.25, 0.3) is 11.0 Å². The van der Waals surface area contributed by atoms with Crippen LogP contribution in [0.1, 0.15) is 20.9 Å². The summed E-state index contributed by atoms with van der Waals surface area (Å²) in [5.41, 5.74) is 0.151. The maximum atomic E-state index is 12.6. The summed E-state index contributed by atoms with van der Waals surface area (Å²) < 4.78 is 21.3. The van der Waals surface area contributed by atoms with Crippen LogP contribution in [0.5, 0.6) is 11.5 Å². The van der Waals surface area contributed by atoms with E-state index in [0.717, 1.165) is 0 Å². The standard InChI is InChI=1S/C16H17NO7/c1-21-11-8-10(16(19)20)9-7-12(24-13(9)14(11)22-2)15(18)17-3-5-23-6-4-17/h7-8H,3-6H2,1-2H3,(H,19,20). The molecule has 0 atom stereocenters. The molecule has 1 amide bonds. The van der Waals surface area contributed by atoms with Crippen LogP contribution in [-0.2, 0) is 4.74 Å². The van der Waals surface area contributed by atoms with E-state index in [4.69, 9.17) is 18.6 Å². The highest BCUT2D eigenvalue weighted by atomic mass is 16.5. The predicted octanol–water partition coefficient (Wildman–Crippen LogP) is 1.62. The SMILES string of the molecule is COc1cc(C(=O)O)c2cc(C(=O)N3CCOCC3)oc2c1OC. The Balaban J connectivity index is 2.13. The van der Waals surface area contributed by atoms with Crippen molar-refractivity contribution < 1.29 is 33.3 Å². The Bertz CT molecular complexity index is 789. The van der Waals surface area contributed by atoms with Crippen molar-refractivity contribution in [2.24, 2.45) is 0 Å². The Hall–Kier alpha value is -2.74. The molecule has 1 fully saturated rings. The second-order valence-corrected chi connectivity index (χ2v) is 5.22. The first-order valence-corrected chi connectivity index (χ1v) is 7.35. The van der Waals surface area contributed by atoms with Gasteiger partial charge in [-0.05, 0) is 12.1 Å². The quantitative estimate of drug-likeness (QED) is 0.906. The van der Waals surface area contributed by atoms with Crippen LogP contribution in [0.3, 0.4) is 0 Å². The summed E-state index contributed by atoms with van der Waals surface area (Å²) >= 11 is 0. The van der Waals surface area contributed by atoms with E-state index in [9.17, 15) is 14.7 Å². The van der Waals surface area contributed by atoms with Gasteiger partial charge in [0, 0.05) is 18.5 Å². The highest BCUT2D eigenvalue weighted by Crippen LogP contribution is 2.39. The zero-order valence-corrected chi connectivity index (χ0v) is 13.3. The van der Waals surface area contributed by atoms with Gasteiger partial charge < -0.3 is 28.6 Å². The number of hydrogen-bond acceptors (Lipinski definition) is 6. The zero-order valence-electron chi connectivity index (χ0n) is 13.3. The molecule has 1 aliphatic heterocycles. The first-order chi connectivity index (χ1) is 11.6. The van der Waals surface area contributed by atoms with E-state index in [1.807, 2.05) is 0 Å². The number of rotatable bonds is 4. The number of methoxy groups -OCH3 is 2. The van der Waals surface area contributed by atoms with E-state index in [1.165, 1.54) is 26.4 Å². The van der Waals surface area contributed by atoms with E-state index >= 15 is 0 Å². The molecule has 2 heterocycles. The normalized spacial score (nSPS) is 14.7. The van der Waals surface area contributed by atoms with Crippen LogP contribution < -0.4 is 9.47 Å². The molecule has 0 spiro atoms. The Morgan fingerprint density at radius 1 is 1.17 bits per heavy atom. The summed E-state index contributed by atoms with van der Waals surface area (Å²) in [6, 6.07) is 2.78. The molecule has 1 aliphatic rings. The summed E-state index contributed by atoms with van der Waals surface area (Å²) in [7, 11) is 2.82. The molecule has 0 bridgehead atoms. The van der Waals surface area contributed by atoms with E-state index in [0.29, 0.717) is 26.3 Å². The minimum atomic E-state index is -1.15. The lowest BCUT2D eigenvalue weighted by atomic mass is 10.1. The number of fused-ring (bicyclic) bond motifs is 1. The van der Waals surface area contributed by atoms with Crippen molar-refractivity contribution in [3.63, 3.8) is 0 Å². The monoisotopic (exact) mass is 335 g/mol. The number of carboxylic acid groups (broad SMARTS) is 1. The second-order valence-electron chi connectivity index (χ2n) is 5.22. The summed E-state index contributed by atoms with van der Waals surface area (Å²) in [4.78, 5) is 25.7. The smallest absolute Gasteiger partial charge is 0.336 e. The average Bonchev–Trinajstić information content (AvgIpc) is 3.04. The van der Waals surface area contributed by atoms with Gasteiger partial charge in [-0.15, -0.1) is 0 Å².